The Hall–Kier alpha value is -0.980. The van der Waals surface area contributed by atoms with E-state index >= 15 is 0 Å². The van der Waals surface area contributed by atoms with E-state index in [1.165, 1.54) is 11.3 Å². The van der Waals surface area contributed by atoms with E-state index in [9.17, 15) is 4.79 Å². The van der Waals surface area contributed by atoms with Gasteiger partial charge in [-0.3, -0.25) is 9.69 Å². The van der Waals surface area contributed by atoms with Crippen molar-refractivity contribution in [2.75, 3.05) is 25.1 Å². The van der Waals surface area contributed by atoms with Gasteiger partial charge in [0.2, 0.25) is 5.91 Å². The molecule has 2 aliphatic heterocycles. The first kappa shape index (κ1) is 16.9. The van der Waals surface area contributed by atoms with Crippen molar-refractivity contribution >= 4 is 22.4 Å². The minimum atomic E-state index is -0.0138. The number of ether oxygens (including phenoxy) is 1. The van der Waals surface area contributed by atoms with Gasteiger partial charge in [-0.25, -0.2) is 4.98 Å². The van der Waals surface area contributed by atoms with Crippen LogP contribution in [0.1, 0.15) is 52.1 Å². The van der Waals surface area contributed by atoms with Crippen LogP contribution < -0.4 is 5.32 Å². The van der Waals surface area contributed by atoms with E-state index in [1.807, 2.05) is 5.38 Å². The van der Waals surface area contributed by atoms with Crippen LogP contribution in [-0.2, 0) is 14.9 Å². The largest absolute Gasteiger partial charge is 0.381 e. The van der Waals surface area contributed by atoms with E-state index in [2.05, 4.69) is 36.0 Å². The van der Waals surface area contributed by atoms with Gasteiger partial charge >= 0.3 is 0 Å². The van der Waals surface area contributed by atoms with Gasteiger partial charge in [0.25, 0.3) is 0 Å². The molecule has 0 bridgehead atoms. The van der Waals surface area contributed by atoms with Crippen molar-refractivity contribution in [1.82, 2.24) is 9.88 Å². The highest BCUT2D eigenvalue weighted by atomic mass is 32.1. The Kier molecular flexibility index (Phi) is 5.04. The maximum Gasteiger partial charge on any atom is 0.243 e. The highest BCUT2D eigenvalue weighted by Gasteiger charge is 2.36. The second-order valence-electron chi connectivity index (χ2n) is 7.52. The lowest BCUT2D eigenvalue weighted by Gasteiger charge is -2.34. The van der Waals surface area contributed by atoms with E-state index in [-0.39, 0.29) is 17.4 Å². The highest BCUT2D eigenvalue weighted by Crippen LogP contribution is 2.29. The summed E-state index contributed by atoms with van der Waals surface area (Å²) < 4.78 is 5.45. The first-order chi connectivity index (χ1) is 10.9. The molecule has 2 fully saturated rings. The van der Waals surface area contributed by atoms with Gasteiger partial charge in [-0.1, -0.05) is 20.8 Å². The van der Waals surface area contributed by atoms with E-state index in [0.29, 0.717) is 6.04 Å². The molecule has 3 rings (SSSR count). The fraction of sp³-hybridized carbons (Fsp3) is 0.765. The van der Waals surface area contributed by atoms with Crippen LogP contribution >= 0.6 is 11.3 Å². The maximum absolute atomic E-state index is 12.7. The Labute approximate surface area is 142 Å². The van der Waals surface area contributed by atoms with Gasteiger partial charge in [0, 0.05) is 30.1 Å². The van der Waals surface area contributed by atoms with Gasteiger partial charge < -0.3 is 10.1 Å². The number of carbonyl (C=O) groups is 1. The third kappa shape index (κ3) is 3.92. The number of carbonyl (C=O) groups excluding carboxylic acids is 1. The lowest BCUT2D eigenvalue weighted by Crippen LogP contribution is -2.47. The molecule has 1 N–H and O–H groups in total. The van der Waals surface area contributed by atoms with Gasteiger partial charge in [0.1, 0.15) is 0 Å². The normalized spacial score (nSPS) is 24.0. The Balaban J connectivity index is 1.63. The van der Waals surface area contributed by atoms with Crippen LogP contribution in [-0.4, -0.2) is 47.6 Å². The number of rotatable bonds is 3. The number of thiazole rings is 1. The molecule has 128 valence electrons. The van der Waals surface area contributed by atoms with E-state index in [1.54, 1.807) is 0 Å². The molecule has 0 saturated carbocycles. The molecular formula is C17H27N3O2S. The average Bonchev–Trinajstić information content (AvgIpc) is 3.16. The summed E-state index contributed by atoms with van der Waals surface area (Å²) in [6, 6.07) is 0.475. The van der Waals surface area contributed by atoms with Crippen molar-refractivity contribution in [3.8, 4) is 0 Å². The maximum atomic E-state index is 12.7. The Morgan fingerprint density at radius 1 is 1.35 bits per heavy atom. The van der Waals surface area contributed by atoms with Crippen molar-refractivity contribution in [3.05, 3.63) is 11.1 Å². The van der Waals surface area contributed by atoms with Gasteiger partial charge in [0.15, 0.2) is 5.13 Å². The Bertz CT molecular complexity index is 546. The summed E-state index contributed by atoms with van der Waals surface area (Å²) in [4.78, 5) is 19.7. The van der Waals surface area contributed by atoms with Crippen molar-refractivity contribution in [2.45, 2.75) is 64.0 Å². The van der Waals surface area contributed by atoms with Crippen LogP contribution in [0.3, 0.4) is 0 Å². The standard InChI is InChI=1S/C17H27N3O2S/c1-17(2,3)14-11-23-16(18-14)19-15(21)13-5-4-8-20(13)12-6-9-22-10-7-12/h11-13H,4-10H2,1-3H3,(H,18,19,21). The Morgan fingerprint density at radius 2 is 2.09 bits per heavy atom. The zero-order valence-corrected chi connectivity index (χ0v) is 15.1. The summed E-state index contributed by atoms with van der Waals surface area (Å²) in [7, 11) is 0. The number of nitrogens with zero attached hydrogens (tertiary/aromatic N) is 2. The lowest BCUT2D eigenvalue weighted by atomic mass is 9.93. The van der Waals surface area contributed by atoms with Crippen LogP contribution in [0, 0.1) is 0 Å². The summed E-state index contributed by atoms with van der Waals surface area (Å²) in [5, 5.41) is 5.80. The summed E-state index contributed by atoms with van der Waals surface area (Å²) in [5.74, 6) is 0.101. The minimum Gasteiger partial charge on any atom is -0.381 e. The second kappa shape index (κ2) is 6.87. The van der Waals surface area contributed by atoms with E-state index in [4.69, 9.17) is 4.74 Å². The van der Waals surface area contributed by atoms with Crippen molar-refractivity contribution in [2.24, 2.45) is 0 Å². The fourth-order valence-electron chi connectivity index (χ4n) is 3.39. The minimum absolute atomic E-state index is 0.0138. The smallest absolute Gasteiger partial charge is 0.243 e. The summed E-state index contributed by atoms with van der Waals surface area (Å²) in [6.07, 6.45) is 4.12. The molecule has 0 aliphatic carbocycles. The van der Waals surface area contributed by atoms with Gasteiger partial charge in [-0.2, -0.15) is 0 Å². The third-order valence-corrected chi connectivity index (χ3v) is 5.52. The molecular weight excluding hydrogens is 310 g/mol. The number of anilines is 1. The van der Waals surface area contributed by atoms with Crippen molar-refractivity contribution in [3.63, 3.8) is 0 Å². The van der Waals surface area contributed by atoms with Crippen molar-refractivity contribution < 1.29 is 9.53 Å². The molecule has 0 aromatic carbocycles. The first-order valence-corrected chi connectivity index (χ1v) is 9.43. The van der Waals surface area contributed by atoms with Crippen LogP contribution in [0.15, 0.2) is 5.38 Å². The molecule has 1 aromatic heterocycles. The quantitative estimate of drug-likeness (QED) is 0.921. The first-order valence-electron chi connectivity index (χ1n) is 8.55. The number of aromatic nitrogens is 1. The molecule has 1 unspecified atom stereocenters. The van der Waals surface area contributed by atoms with Crippen LogP contribution in [0.4, 0.5) is 5.13 Å². The predicted octanol–water partition coefficient (Wildman–Crippen LogP) is 3.02. The molecule has 1 atom stereocenters. The van der Waals surface area contributed by atoms with Crippen LogP contribution in [0.25, 0.3) is 0 Å². The zero-order valence-electron chi connectivity index (χ0n) is 14.3. The second-order valence-corrected chi connectivity index (χ2v) is 8.37. The van der Waals surface area contributed by atoms with Crippen molar-refractivity contribution in [1.29, 1.82) is 0 Å². The molecule has 0 radical (unpaired) electrons. The third-order valence-electron chi connectivity index (χ3n) is 4.76. The number of nitrogens with one attached hydrogen (secondary N) is 1. The van der Waals surface area contributed by atoms with E-state index in [0.717, 1.165) is 56.3 Å². The average molecular weight is 337 g/mol. The number of amides is 1. The van der Waals surface area contributed by atoms with Crippen LogP contribution in [0.5, 0.6) is 0 Å². The summed E-state index contributed by atoms with van der Waals surface area (Å²) in [6.45, 7) is 9.06. The summed E-state index contributed by atoms with van der Waals surface area (Å²) >= 11 is 1.52. The molecule has 2 saturated heterocycles. The van der Waals surface area contributed by atoms with Gasteiger partial charge in [0.05, 0.1) is 11.7 Å². The molecule has 5 nitrogen and oxygen atoms in total. The summed E-state index contributed by atoms with van der Waals surface area (Å²) in [5.41, 5.74) is 1.05. The molecule has 0 spiro atoms. The molecule has 6 heteroatoms. The zero-order chi connectivity index (χ0) is 16.4. The van der Waals surface area contributed by atoms with Gasteiger partial charge in [-0.05, 0) is 32.2 Å². The fourth-order valence-corrected chi connectivity index (χ4v) is 4.33. The number of likely N-dealkylation sites (tertiary alicyclic amines) is 1. The molecule has 23 heavy (non-hydrogen) atoms. The van der Waals surface area contributed by atoms with E-state index < -0.39 is 0 Å². The number of hydrogen-bond acceptors (Lipinski definition) is 5. The molecule has 3 heterocycles. The molecule has 1 aromatic rings. The predicted molar refractivity (Wildman–Crippen MR) is 93.0 cm³/mol. The highest BCUT2D eigenvalue weighted by molar-refractivity contribution is 7.14. The Morgan fingerprint density at radius 3 is 2.74 bits per heavy atom. The SMILES string of the molecule is CC(C)(C)c1csc(NC(=O)C2CCCN2C2CCOCC2)n1. The molecule has 2 aliphatic rings. The number of hydrogen-bond donors (Lipinski definition) is 1. The van der Waals surface area contributed by atoms with Gasteiger partial charge in [-0.15, -0.1) is 11.3 Å². The topological polar surface area (TPSA) is 54.5 Å². The lowest BCUT2D eigenvalue weighted by molar-refractivity contribution is -0.121. The molecule has 1 amide bonds. The van der Waals surface area contributed by atoms with Crippen LogP contribution in [0.2, 0.25) is 0 Å². The monoisotopic (exact) mass is 337 g/mol.